The summed E-state index contributed by atoms with van der Waals surface area (Å²) < 4.78 is 13.4. The molecule has 4 heteroatoms. The fraction of sp³-hybridized carbons (Fsp3) is 0.500. The molecule has 0 saturated carbocycles. The maximum atomic E-state index is 13.4. The summed E-state index contributed by atoms with van der Waals surface area (Å²) in [6.07, 6.45) is 1.04. The van der Waals surface area contributed by atoms with Gasteiger partial charge in [-0.2, -0.15) is 0 Å². The van der Waals surface area contributed by atoms with E-state index in [1.165, 1.54) is 6.07 Å². The first-order valence-corrected chi connectivity index (χ1v) is 5.77. The molecule has 0 fully saturated rings. The maximum absolute atomic E-state index is 13.4. The van der Waals surface area contributed by atoms with E-state index in [9.17, 15) is 4.39 Å². The molecule has 0 aromatic heterocycles. The van der Waals surface area contributed by atoms with Gasteiger partial charge in [-0.05, 0) is 45.7 Å². The van der Waals surface area contributed by atoms with Crippen LogP contribution in [-0.2, 0) is 6.54 Å². The van der Waals surface area contributed by atoms with Crippen molar-refractivity contribution in [2.75, 3.05) is 27.2 Å². The van der Waals surface area contributed by atoms with E-state index in [-0.39, 0.29) is 5.82 Å². The van der Waals surface area contributed by atoms with Crippen LogP contribution in [0.3, 0.4) is 0 Å². The van der Waals surface area contributed by atoms with Crippen molar-refractivity contribution in [2.45, 2.75) is 13.0 Å². The van der Waals surface area contributed by atoms with E-state index in [1.807, 2.05) is 14.1 Å². The van der Waals surface area contributed by atoms with Crippen LogP contribution in [0, 0.1) is 5.82 Å². The second-order valence-electron chi connectivity index (χ2n) is 4.03. The van der Waals surface area contributed by atoms with Gasteiger partial charge < -0.3 is 10.2 Å². The molecule has 1 rings (SSSR count). The quantitative estimate of drug-likeness (QED) is 0.774. The molecule has 0 heterocycles. The van der Waals surface area contributed by atoms with Crippen LogP contribution in [0.1, 0.15) is 12.0 Å². The van der Waals surface area contributed by atoms with E-state index in [0.29, 0.717) is 17.1 Å². The second kappa shape index (κ2) is 6.84. The summed E-state index contributed by atoms with van der Waals surface area (Å²) in [5, 5.41) is 3.67. The molecule has 1 aromatic carbocycles. The van der Waals surface area contributed by atoms with Crippen LogP contribution in [0.15, 0.2) is 18.2 Å². The Morgan fingerprint density at radius 1 is 1.38 bits per heavy atom. The van der Waals surface area contributed by atoms with Gasteiger partial charge in [0.05, 0.1) is 0 Å². The van der Waals surface area contributed by atoms with Crippen molar-refractivity contribution in [1.29, 1.82) is 0 Å². The highest BCUT2D eigenvalue weighted by atomic mass is 35.5. The van der Waals surface area contributed by atoms with Crippen LogP contribution in [0.5, 0.6) is 0 Å². The first kappa shape index (κ1) is 13.4. The highest BCUT2D eigenvalue weighted by Gasteiger charge is 2.05. The first-order chi connectivity index (χ1) is 7.61. The zero-order valence-electron chi connectivity index (χ0n) is 9.76. The molecule has 0 aliphatic carbocycles. The third-order valence-electron chi connectivity index (χ3n) is 2.32. The number of nitrogens with one attached hydrogen (secondary N) is 1. The van der Waals surface area contributed by atoms with E-state index in [1.54, 1.807) is 12.1 Å². The van der Waals surface area contributed by atoms with Crippen LogP contribution in [0.2, 0.25) is 5.02 Å². The largest absolute Gasteiger partial charge is 0.312 e. The van der Waals surface area contributed by atoms with Crippen molar-refractivity contribution in [3.8, 4) is 0 Å². The van der Waals surface area contributed by atoms with Gasteiger partial charge in [-0.1, -0.05) is 17.7 Å². The Morgan fingerprint density at radius 2 is 2.12 bits per heavy atom. The molecule has 0 unspecified atom stereocenters. The van der Waals surface area contributed by atoms with Gasteiger partial charge in [-0.15, -0.1) is 0 Å². The Hall–Kier alpha value is -0.640. The van der Waals surface area contributed by atoms with Gasteiger partial charge in [-0.25, -0.2) is 4.39 Å². The molecule has 0 atom stereocenters. The average Bonchev–Trinajstić information content (AvgIpc) is 2.21. The molecular formula is C12H18ClFN2. The van der Waals surface area contributed by atoms with Crippen molar-refractivity contribution < 1.29 is 4.39 Å². The second-order valence-corrected chi connectivity index (χ2v) is 4.44. The normalized spacial score (nSPS) is 11.1. The van der Waals surface area contributed by atoms with Gasteiger partial charge in [0, 0.05) is 17.1 Å². The molecule has 1 aromatic rings. The SMILES string of the molecule is CN(C)CCCNCc1c(F)cccc1Cl. The monoisotopic (exact) mass is 244 g/mol. The summed E-state index contributed by atoms with van der Waals surface area (Å²) in [7, 11) is 4.07. The van der Waals surface area contributed by atoms with Crippen molar-refractivity contribution in [3.05, 3.63) is 34.6 Å². The van der Waals surface area contributed by atoms with E-state index < -0.39 is 0 Å². The fourth-order valence-corrected chi connectivity index (χ4v) is 1.66. The molecule has 0 saturated heterocycles. The van der Waals surface area contributed by atoms with Crippen molar-refractivity contribution in [3.63, 3.8) is 0 Å². The zero-order valence-corrected chi connectivity index (χ0v) is 10.5. The van der Waals surface area contributed by atoms with E-state index in [4.69, 9.17) is 11.6 Å². The molecule has 1 N–H and O–H groups in total. The van der Waals surface area contributed by atoms with Crippen molar-refractivity contribution in [1.82, 2.24) is 10.2 Å². The number of benzene rings is 1. The standard InChI is InChI=1S/C12H18ClFN2/c1-16(2)8-4-7-15-9-10-11(13)5-3-6-12(10)14/h3,5-6,15H,4,7-9H2,1-2H3. The minimum Gasteiger partial charge on any atom is -0.312 e. The Bertz CT molecular complexity index is 309. The Kier molecular flexibility index (Phi) is 5.74. The third-order valence-corrected chi connectivity index (χ3v) is 2.68. The minimum absolute atomic E-state index is 0.243. The Morgan fingerprint density at radius 3 is 2.75 bits per heavy atom. The molecule has 16 heavy (non-hydrogen) atoms. The van der Waals surface area contributed by atoms with Crippen molar-refractivity contribution in [2.24, 2.45) is 0 Å². The molecular weight excluding hydrogens is 227 g/mol. The molecule has 2 nitrogen and oxygen atoms in total. The van der Waals surface area contributed by atoms with Gasteiger partial charge in [0.2, 0.25) is 0 Å². The van der Waals surface area contributed by atoms with Gasteiger partial charge >= 0.3 is 0 Å². The first-order valence-electron chi connectivity index (χ1n) is 5.39. The molecule has 90 valence electrons. The highest BCUT2D eigenvalue weighted by Crippen LogP contribution is 2.18. The molecule has 0 radical (unpaired) electrons. The summed E-state index contributed by atoms with van der Waals surface area (Å²) in [4.78, 5) is 2.12. The van der Waals surface area contributed by atoms with E-state index in [0.717, 1.165) is 19.5 Å². The lowest BCUT2D eigenvalue weighted by Gasteiger charge is -2.10. The summed E-state index contributed by atoms with van der Waals surface area (Å²) in [5.74, 6) is -0.243. The Labute approximate surface area is 101 Å². The van der Waals surface area contributed by atoms with Gasteiger partial charge in [-0.3, -0.25) is 0 Å². The van der Waals surface area contributed by atoms with Gasteiger partial charge in [0.1, 0.15) is 5.82 Å². The molecule has 0 bridgehead atoms. The fourth-order valence-electron chi connectivity index (χ4n) is 1.43. The molecule has 0 aliphatic heterocycles. The number of nitrogens with zero attached hydrogens (tertiary/aromatic N) is 1. The number of halogens is 2. The summed E-state index contributed by atoms with van der Waals surface area (Å²) in [6, 6.07) is 4.76. The zero-order chi connectivity index (χ0) is 12.0. The molecule has 0 spiro atoms. The topological polar surface area (TPSA) is 15.3 Å². The smallest absolute Gasteiger partial charge is 0.129 e. The van der Waals surface area contributed by atoms with E-state index >= 15 is 0 Å². The van der Waals surface area contributed by atoms with Gasteiger partial charge in [0.15, 0.2) is 0 Å². The van der Waals surface area contributed by atoms with Crippen LogP contribution >= 0.6 is 11.6 Å². The lowest BCUT2D eigenvalue weighted by atomic mass is 10.2. The lowest BCUT2D eigenvalue weighted by Crippen LogP contribution is -2.21. The lowest BCUT2D eigenvalue weighted by molar-refractivity contribution is 0.394. The predicted octanol–water partition coefficient (Wildman–Crippen LogP) is 2.52. The minimum atomic E-state index is -0.243. The number of rotatable bonds is 6. The van der Waals surface area contributed by atoms with Crippen LogP contribution in [-0.4, -0.2) is 32.1 Å². The van der Waals surface area contributed by atoms with Crippen LogP contribution < -0.4 is 5.32 Å². The predicted molar refractivity (Wildman–Crippen MR) is 66.3 cm³/mol. The summed E-state index contributed by atoms with van der Waals surface area (Å²) >= 11 is 5.90. The van der Waals surface area contributed by atoms with Crippen LogP contribution in [0.4, 0.5) is 4.39 Å². The Balaban J connectivity index is 2.32. The third kappa shape index (κ3) is 4.47. The highest BCUT2D eigenvalue weighted by molar-refractivity contribution is 6.31. The number of hydrogen-bond donors (Lipinski definition) is 1. The molecule has 0 aliphatic rings. The average molecular weight is 245 g/mol. The van der Waals surface area contributed by atoms with Crippen LogP contribution in [0.25, 0.3) is 0 Å². The summed E-state index contributed by atoms with van der Waals surface area (Å²) in [6.45, 7) is 2.37. The van der Waals surface area contributed by atoms with E-state index in [2.05, 4.69) is 10.2 Å². The van der Waals surface area contributed by atoms with Crippen molar-refractivity contribution >= 4 is 11.6 Å². The maximum Gasteiger partial charge on any atom is 0.129 e. The summed E-state index contributed by atoms with van der Waals surface area (Å²) in [5.41, 5.74) is 0.550. The van der Waals surface area contributed by atoms with Gasteiger partial charge in [0.25, 0.3) is 0 Å². The molecule has 0 amide bonds. The number of hydrogen-bond acceptors (Lipinski definition) is 2.